The number of aromatic nitrogens is 3. The van der Waals surface area contributed by atoms with Crippen molar-refractivity contribution in [3.05, 3.63) is 71.7 Å². The minimum absolute atomic E-state index is 0.201. The predicted molar refractivity (Wildman–Crippen MR) is 92.9 cm³/mol. The van der Waals surface area contributed by atoms with Gasteiger partial charge in [0.05, 0.1) is 6.20 Å². The first-order valence-electron chi connectivity index (χ1n) is 7.71. The van der Waals surface area contributed by atoms with Crippen molar-refractivity contribution in [3.8, 4) is 0 Å². The van der Waals surface area contributed by atoms with E-state index in [2.05, 4.69) is 25.8 Å². The Balaban J connectivity index is 1.60. The second kappa shape index (κ2) is 7.50. The number of rotatable bonds is 6. The quantitative estimate of drug-likeness (QED) is 0.724. The van der Waals surface area contributed by atoms with Crippen LogP contribution >= 0.6 is 0 Å². The summed E-state index contributed by atoms with van der Waals surface area (Å²) in [7, 11) is 0. The van der Waals surface area contributed by atoms with Crippen LogP contribution in [-0.2, 0) is 6.42 Å². The minimum atomic E-state index is -0.201. The molecule has 5 nitrogen and oxygen atoms in total. The SMILES string of the molecule is Cc1cccc(Nc2cnnc(NCCc3ccccc3F)n2)c1. The van der Waals surface area contributed by atoms with Crippen LogP contribution in [0.25, 0.3) is 0 Å². The summed E-state index contributed by atoms with van der Waals surface area (Å²) in [6, 6.07) is 14.7. The van der Waals surface area contributed by atoms with Crippen LogP contribution in [0.4, 0.5) is 21.8 Å². The lowest BCUT2D eigenvalue weighted by atomic mass is 10.1. The third-order valence-electron chi connectivity index (χ3n) is 3.48. The van der Waals surface area contributed by atoms with Crippen molar-refractivity contribution in [1.29, 1.82) is 0 Å². The van der Waals surface area contributed by atoms with Gasteiger partial charge in [-0.15, -0.1) is 5.10 Å². The Bertz CT molecular complexity index is 822. The van der Waals surface area contributed by atoms with Crippen LogP contribution in [0.3, 0.4) is 0 Å². The third-order valence-corrected chi connectivity index (χ3v) is 3.48. The molecule has 0 aliphatic rings. The van der Waals surface area contributed by atoms with E-state index in [1.807, 2.05) is 37.3 Å². The predicted octanol–water partition coefficient (Wildman–Crippen LogP) is 3.72. The van der Waals surface area contributed by atoms with Crippen molar-refractivity contribution in [2.24, 2.45) is 0 Å². The highest BCUT2D eigenvalue weighted by atomic mass is 19.1. The van der Waals surface area contributed by atoms with Crippen molar-refractivity contribution in [2.75, 3.05) is 17.2 Å². The molecule has 3 rings (SSSR count). The molecule has 0 spiro atoms. The Kier molecular flexibility index (Phi) is 4.96. The molecule has 0 aliphatic carbocycles. The zero-order chi connectivity index (χ0) is 16.8. The summed E-state index contributed by atoms with van der Waals surface area (Å²) in [5.74, 6) is 0.807. The van der Waals surface area contributed by atoms with E-state index >= 15 is 0 Å². The number of hydrogen-bond acceptors (Lipinski definition) is 5. The van der Waals surface area contributed by atoms with E-state index < -0.39 is 0 Å². The Labute approximate surface area is 140 Å². The number of nitrogens with one attached hydrogen (secondary N) is 2. The molecule has 3 aromatic rings. The first-order valence-corrected chi connectivity index (χ1v) is 7.71. The van der Waals surface area contributed by atoms with E-state index in [4.69, 9.17) is 0 Å². The van der Waals surface area contributed by atoms with Gasteiger partial charge in [-0.2, -0.15) is 10.1 Å². The summed E-state index contributed by atoms with van der Waals surface area (Å²) < 4.78 is 13.6. The molecule has 6 heteroatoms. The number of nitrogens with zero attached hydrogens (tertiary/aromatic N) is 3. The second-order valence-corrected chi connectivity index (χ2v) is 5.43. The Morgan fingerprint density at radius 3 is 2.79 bits per heavy atom. The second-order valence-electron chi connectivity index (χ2n) is 5.43. The number of halogens is 1. The first-order chi connectivity index (χ1) is 11.7. The lowest BCUT2D eigenvalue weighted by Crippen LogP contribution is -2.10. The number of hydrogen-bond donors (Lipinski definition) is 2. The fourth-order valence-electron chi connectivity index (χ4n) is 2.32. The van der Waals surface area contributed by atoms with Crippen LogP contribution in [0.15, 0.2) is 54.7 Å². The molecule has 0 saturated heterocycles. The Morgan fingerprint density at radius 1 is 1.08 bits per heavy atom. The van der Waals surface area contributed by atoms with E-state index in [0.29, 0.717) is 30.3 Å². The molecule has 0 aliphatic heterocycles. The van der Waals surface area contributed by atoms with Crippen LogP contribution < -0.4 is 10.6 Å². The van der Waals surface area contributed by atoms with Gasteiger partial charge in [0.25, 0.3) is 0 Å². The van der Waals surface area contributed by atoms with Crippen LogP contribution in [0, 0.1) is 12.7 Å². The zero-order valence-corrected chi connectivity index (χ0v) is 13.3. The molecule has 2 aromatic carbocycles. The van der Waals surface area contributed by atoms with E-state index in [9.17, 15) is 4.39 Å². The van der Waals surface area contributed by atoms with Gasteiger partial charge in [-0.1, -0.05) is 30.3 Å². The van der Waals surface area contributed by atoms with E-state index in [1.54, 1.807) is 18.3 Å². The summed E-state index contributed by atoms with van der Waals surface area (Å²) in [4.78, 5) is 4.36. The molecule has 0 unspecified atom stereocenters. The van der Waals surface area contributed by atoms with Gasteiger partial charge in [0.15, 0.2) is 5.82 Å². The van der Waals surface area contributed by atoms with Crippen molar-refractivity contribution in [3.63, 3.8) is 0 Å². The van der Waals surface area contributed by atoms with Crippen LogP contribution in [0.1, 0.15) is 11.1 Å². The van der Waals surface area contributed by atoms with Crippen LogP contribution in [0.5, 0.6) is 0 Å². The highest BCUT2D eigenvalue weighted by molar-refractivity contribution is 5.56. The molecule has 0 amide bonds. The molecule has 0 bridgehead atoms. The highest BCUT2D eigenvalue weighted by Gasteiger charge is 2.03. The van der Waals surface area contributed by atoms with E-state index in [0.717, 1.165) is 11.3 Å². The smallest absolute Gasteiger partial charge is 0.244 e. The third kappa shape index (κ3) is 4.25. The topological polar surface area (TPSA) is 62.7 Å². The summed E-state index contributed by atoms with van der Waals surface area (Å²) >= 11 is 0. The average molecular weight is 323 g/mol. The van der Waals surface area contributed by atoms with E-state index in [-0.39, 0.29) is 5.82 Å². The van der Waals surface area contributed by atoms with E-state index in [1.165, 1.54) is 6.07 Å². The molecule has 1 aromatic heterocycles. The van der Waals surface area contributed by atoms with Crippen LogP contribution in [0.2, 0.25) is 0 Å². The van der Waals surface area contributed by atoms with Gasteiger partial charge in [-0.25, -0.2) is 4.39 Å². The summed E-state index contributed by atoms with van der Waals surface area (Å²) in [5.41, 5.74) is 2.75. The number of anilines is 3. The highest BCUT2D eigenvalue weighted by Crippen LogP contribution is 2.15. The fourth-order valence-corrected chi connectivity index (χ4v) is 2.32. The maximum absolute atomic E-state index is 13.6. The fraction of sp³-hybridized carbons (Fsp3) is 0.167. The normalized spacial score (nSPS) is 10.4. The minimum Gasteiger partial charge on any atom is -0.353 e. The monoisotopic (exact) mass is 323 g/mol. The Hall–Kier alpha value is -3.02. The Morgan fingerprint density at radius 2 is 1.96 bits per heavy atom. The molecule has 0 fully saturated rings. The molecule has 0 radical (unpaired) electrons. The van der Waals surface area contributed by atoms with Crippen molar-refractivity contribution in [2.45, 2.75) is 13.3 Å². The van der Waals surface area contributed by atoms with Crippen molar-refractivity contribution >= 4 is 17.5 Å². The summed E-state index contributed by atoms with van der Waals surface area (Å²) in [6.07, 6.45) is 2.11. The molecule has 1 heterocycles. The van der Waals surface area contributed by atoms with Gasteiger partial charge in [0.1, 0.15) is 5.82 Å². The summed E-state index contributed by atoms with van der Waals surface area (Å²) in [5, 5.41) is 14.1. The van der Waals surface area contributed by atoms with Crippen molar-refractivity contribution in [1.82, 2.24) is 15.2 Å². The maximum Gasteiger partial charge on any atom is 0.244 e. The van der Waals surface area contributed by atoms with Gasteiger partial charge >= 0.3 is 0 Å². The standard InChI is InChI=1S/C18H18FN5/c1-13-5-4-7-15(11-13)22-17-12-21-24-18(23-17)20-10-9-14-6-2-3-8-16(14)19/h2-8,11-12H,9-10H2,1H3,(H2,20,22,23,24). The zero-order valence-electron chi connectivity index (χ0n) is 13.3. The lowest BCUT2D eigenvalue weighted by Gasteiger charge is -2.08. The molecular weight excluding hydrogens is 305 g/mol. The van der Waals surface area contributed by atoms with Gasteiger partial charge in [0, 0.05) is 12.2 Å². The molecule has 0 saturated carbocycles. The largest absolute Gasteiger partial charge is 0.353 e. The molecule has 122 valence electrons. The van der Waals surface area contributed by atoms with Crippen LogP contribution in [-0.4, -0.2) is 21.7 Å². The van der Waals surface area contributed by atoms with Crippen molar-refractivity contribution < 1.29 is 4.39 Å². The number of aryl methyl sites for hydroxylation is 1. The molecule has 2 N–H and O–H groups in total. The van der Waals surface area contributed by atoms with Gasteiger partial charge < -0.3 is 10.6 Å². The lowest BCUT2D eigenvalue weighted by molar-refractivity contribution is 0.610. The number of benzene rings is 2. The molecule has 0 atom stereocenters. The molecular formula is C18H18FN5. The summed E-state index contributed by atoms with van der Waals surface area (Å²) in [6.45, 7) is 2.55. The maximum atomic E-state index is 13.6. The average Bonchev–Trinajstić information content (AvgIpc) is 2.57. The van der Waals surface area contributed by atoms with Gasteiger partial charge in [-0.05, 0) is 42.7 Å². The van der Waals surface area contributed by atoms with Gasteiger partial charge in [-0.3, -0.25) is 0 Å². The first kappa shape index (κ1) is 15.9. The van der Waals surface area contributed by atoms with Gasteiger partial charge in [0.2, 0.25) is 5.95 Å². The molecule has 24 heavy (non-hydrogen) atoms.